The molecule has 2 atom stereocenters. The van der Waals surface area contributed by atoms with Gasteiger partial charge in [-0.3, -0.25) is 0 Å². The molecule has 3 aromatic rings. The summed E-state index contributed by atoms with van der Waals surface area (Å²) in [6, 6.07) is 24.5. The summed E-state index contributed by atoms with van der Waals surface area (Å²) in [5.41, 5.74) is 1.51. The Morgan fingerprint density at radius 2 is 1.46 bits per heavy atom. The van der Waals surface area contributed by atoms with Crippen LogP contribution in [0, 0.1) is 0 Å². The van der Waals surface area contributed by atoms with Gasteiger partial charge in [-0.15, -0.1) is 0 Å². The Morgan fingerprint density at radius 3 is 2.14 bits per heavy atom. The first-order chi connectivity index (χ1) is 13.5. The third-order valence-electron chi connectivity index (χ3n) is 4.43. The summed E-state index contributed by atoms with van der Waals surface area (Å²) in [5, 5.41) is 13.9. The Balaban J connectivity index is 1.73. The predicted molar refractivity (Wildman–Crippen MR) is 109 cm³/mol. The molecule has 0 saturated heterocycles. The lowest BCUT2D eigenvalue weighted by atomic mass is 10.1. The van der Waals surface area contributed by atoms with E-state index in [4.69, 9.17) is 4.18 Å². The minimum atomic E-state index is -3.98. The molecule has 3 rings (SSSR count). The zero-order chi connectivity index (χ0) is 20.0. The molecule has 0 spiro atoms. The Kier molecular flexibility index (Phi) is 6.46. The van der Waals surface area contributed by atoms with Gasteiger partial charge in [-0.2, -0.15) is 8.42 Å². The summed E-state index contributed by atoms with van der Waals surface area (Å²) in [7, 11) is -3.98. The molecule has 2 N–H and O–H groups in total. The molecular weight excluding hydrogens is 374 g/mol. The molecule has 5 nitrogen and oxygen atoms in total. The van der Waals surface area contributed by atoms with Crippen LogP contribution in [0.15, 0.2) is 89.8 Å². The summed E-state index contributed by atoms with van der Waals surface area (Å²) >= 11 is 0. The Labute approximate surface area is 165 Å². The molecule has 146 valence electrons. The molecule has 0 aliphatic heterocycles. The molecule has 0 aromatic heterocycles. The third-order valence-corrected chi connectivity index (χ3v) is 5.67. The zero-order valence-corrected chi connectivity index (χ0v) is 16.3. The molecule has 0 radical (unpaired) electrons. The van der Waals surface area contributed by atoms with E-state index in [1.807, 2.05) is 37.3 Å². The quantitative estimate of drug-likeness (QED) is 0.565. The molecule has 0 heterocycles. The minimum Gasteiger partial charge on any atom is -0.387 e. The van der Waals surface area contributed by atoms with Gasteiger partial charge in [0.05, 0.1) is 6.10 Å². The van der Waals surface area contributed by atoms with Gasteiger partial charge in [-0.05, 0) is 30.7 Å². The maximum Gasteiger partial charge on any atom is 0.339 e. The van der Waals surface area contributed by atoms with E-state index in [-0.39, 0.29) is 23.2 Å². The van der Waals surface area contributed by atoms with Crippen molar-refractivity contribution in [3.8, 4) is 5.75 Å². The average molecular weight is 397 g/mol. The van der Waals surface area contributed by atoms with Crippen molar-refractivity contribution < 1.29 is 17.7 Å². The van der Waals surface area contributed by atoms with E-state index in [1.165, 1.54) is 12.1 Å². The van der Waals surface area contributed by atoms with Gasteiger partial charge in [-0.1, -0.05) is 66.7 Å². The number of rotatable bonds is 8. The highest BCUT2D eigenvalue weighted by atomic mass is 32.2. The Hall–Kier alpha value is -2.67. The van der Waals surface area contributed by atoms with Crippen molar-refractivity contribution in [3.63, 3.8) is 0 Å². The van der Waals surface area contributed by atoms with Crippen LogP contribution in [0.4, 0.5) is 0 Å². The van der Waals surface area contributed by atoms with Crippen molar-refractivity contribution >= 4 is 10.1 Å². The fraction of sp³-hybridized carbons (Fsp3) is 0.182. The van der Waals surface area contributed by atoms with Crippen LogP contribution < -0.4 is 9.50 Å². The molecular formula is C22H23NO4S. The monoisotopic (exact) mass is 397 g/mol. The fourth-order valence-electron chi connectivity index (χ4n) is 2.84. The third kappa shape index (κ3) is 4.98. The summed E-state index contributed by atoms with van der Waals surface area (Å²) in [6.07, 6.45) is -0.923. The van der Waals surface area contributed by atoms with E-state index in [9.17, 15) is 13.5 Å². The largest absolute Gasteiger partial charge is 0.387 e. The van der Waals surface area contributed by atoms with Gasteiger partial charge in [0.2, 0.25) is 0 Å². The first-order valence-corrected chi connectivity index (χ1v) is 10.4. The lowest BCUT2D eigenvalue weighted by Gasteiger charge is -2.19. The SMILES string of the molecule is C[C@H](NC[C@@H](O)c1ccccc1OS(=O)(=O)c1ccccc1)c1ccccc1. The van der Waals surface area contributed by atoms with Gasteiger partial charge >= 0.3 is 10.1 Å². The van der Waals surface area contributed by atoms with E-state index >= 15 is 0 Å². The highest BCUT2D eigenvalue weighted by Gasteiger charge is 2.21. The van der Waals surface area contributed by atoms with Crippen LogP contribution in [-0.4, -0.2) is 20.1 Å². The standard InChI is InChI=1S/C22H23NO4S/c1-17(18-10-4-2-5-11-18)23-16-21(24)20-14-8-9-15-22(20)27-28(25,26)19-12-6-3-7-13-19/h2-15,17,21,23-24H,16H2,1H3/t17-,21+/m0/s1. The van der Waals surface area contributed by atoms with Gasteiger partial charge in [-0.25, -0.2) is 0 Å². The smallest absolute Gasteiger partial charge is 0.339 e. The van der Waals surface area contributed by atoms with E-state index in [2.05, 4.69) is 5.32 Å². The maximum absolute atomic E-state index is 12.5. The Bertz CT molecular complexity index is 991. The molecule has 0 aliphatic rings. The van der Waals surface area contributed by atoms with Crippen LogP contribution in [0.25, 0.3) is 0 Å². The van der Waals surface area contributed by atoms with Crippen molar-refractivity contribution in [2.24, 2.45) is 0 Å². The number of hydrogen-bond donors (Lipinski definition) is 2. The topological polar surface area (TPSA) is 75.6 Å². The summed E-state index contributed by atoms with van der Waals surface area (Å²) in [4.78, 5) is 0.0649. The van der Waals surface area contributed by atoms with Crippen LogP contribution >= 0.6 is 0 Å². The summed E-state index contributed by atoms with van der Waals surface area (Å²) in [6.45, 7) is 2.26. The maximum atomic E-state index is 12.5. The van der Waals surface area contributed by atoms with Crippen LogP contribution in [-0.2, 0) is 10.1 Å². The lowest BCUT2D eigenvalue weighted by molar-refractivity contribution is 0.168. The Morgan fingerprint density at radius 1 is 0.893 bits per heavy atom. The molecule has 0 aliphatic carbocycles. The second kappa shape index (κ2) is 9.01. The highest BCUT2D eigenvalue weighted by Crippen LogP contribution is 2.28. The predicted octanol–water partition coefficient (Wildman–Crippen LogP) is 3.84. The molecule has 3 aromatic carbocycles. The van der Waals surface area contributed by atoms with Gasteiger partial charge in [0, 0.05) is 18.2 Å². The molecule has 0 amide bonds. The number of nitrogens with one attached hydrogen (secondary N) is 1. The van der Waals surface area contributed by atoms with Crippen LogP contribution in [0.1, 0.15) is 30.2 Å². The van der Waals surface area contributed by atoms with Gasteiger partial charge in [0.15, 0.2) is 0 Å². The molecule has 0 bridgehead atoms. The van der Waals surface area contributed by atoms with Gasteiger partial charge in [0.25, 0.3) is 0 Å². The summed E-state index contributed by atoms with van der Waals surface area (Å²) in [5.74, 6) is 0.119. The van der Waals surface area contributed by atoms with Crippen LogP contribution in [0.5, 0.6) is 5.75 Å². The van der Waals surface area contributed by atoms with E-state index < -0.39 is 16.2 Å². The van der Waals surface area contributed by atoms with Gasteiger partial charge < -0.3 is 14.6 Å². The molecule has 6 heteroatoms. The second-order valence-electron chi connectivity index (χ2n) is 6.44. The molecule has 0 unspecified atom stereocenters. The van der Waals surface area contributed by atoms with Crippen molar-refractivity contribution in [1.82, 2.24) is 5.32 Å². The fourth-order valence-corrected chi connectivity index (χ4v) is 3.82. The van der Waals surface area contributed by atoms with Crippen molar-refractivity contribution in [2.45, 2.75) is 24.0 Å². The van der Waals surface area contributed by atoms with Crippen molar-refractivity contribution in [3.05, 3.63) is 96.1 Å². The first-order valence-electron chi connectivity index (χ1n) is 9.02. The van der Waals surface area contributed by atoms with Crippen LogP contribution in [0.2, 0.25) is 0 Å². The number of aliphatic hydroxyl groups excluding tert-OH is 1. The van der Waals surface area contributed by atoms with Crippen molar-refractivity contribution in [2.75, 3.05) is 6.54 Å². The first kappa shape index (κ1) is 20.1. The molecule has 28 heavy (non-hydrogen) atoms. The normalized spacial score (nSPS) is 13.6. The second-order valence-corrected chi connectivity index (χ2v) is 7.99. The average Bonchev–Trinajstić information content (AvgIpc) is 2.73. The highest BCUT2D eigenvalue weighted by molar-refractivity contribution is 7.87. The van der Waals surface area contributed by atoms with E-state index in [1.54, 1.807) is 42.5 Å². The van der Waals surface area contributed by atoms with Crippen LogP contribution in [0.3, 0.4) is 0 Å². The van der Waals surface area contributed by atoms with E-state index in [0.29, 0.717) is 5.56 Å². The molecule has 0 saturated carbocycles. The number of aliphatic hydroxyl groups is 1. The minimum absolute atomic E-state index is 0.0389. The number of benzene rings is 3. The lowest BCUT2D eigenvalue weighted by Crippen LogP contribution is -2.25. The number of hydrogen-bond acceptors (Lipinski definition) is 5. The van der Waals surface area contributed by atoms with Gasteiger partial charge in [0.1, 0.15) is 10.6 Å². The summed E-state index contributed by atoms with van der Waals surface area (Å²) < 4.78 is 30.3. The zero-order valence-electron chi connectivity index (χ0n) is 15.5. The van der Waals surface area contributed by atoms with E-state index in [0.717, 1.165) is 5.56 Å². The molecule has 0 fully saturated rings. The number of para-hydroxylation sites is 1. The van der Waals surface area contributed by atoms with Crippen molar-refractivity contribution in [1.29, 1.82) is 0 Å².